The summed E-state index contributed by atoms with van der Waals surface area (Å²) in [6.07, 6.45) is 0. The van der Waals surface area contributed by atoms with Crippen molar-refractivity contribution in [3.8, 4) is 0 Å². The van der Waals surface area contributed by atoms with Gasteiger partial charge in [-0.25, -0.2) is 12.8 Å². The largest absolute Gasteiger partial charge is 0.396 e. The molecule has 2 rings (SSSR count). The van der Waals surface area contributed by atoms with E-state index in [0.29, 0.717) is 0 Å². The van der Waals surface area contributed by atoms with Crippen molar-refractivity contribution in [2.24, 2.45) is 0 Å². The van der Waals surface area contributed by atoms with Crippen molar-refractivity contribution in [1.82, 2.24) is 0 Å². The van der Waals surface area contributed by atoms with Crippen molar-refractivity contribution in [2.75, 3.05) is 10.5 Å². The van der Waals surface area contributed by atoms with E-state index in [1.54, 1.807) is 0 Å². The zero-order chi connectivity index (χ0) is 15.8. The number of halogens is 4. The highest BCUT2D eigenvalue weighted by atomic mass is 35.5. The third-order valence-electron chi connectivity index (χ3n) is 2.53. The van der Waals surface area contributed by atoms with Gasteiger partial charge in [-0.05, 0) is 30.3 Å². The van der Waals surface area contributed by atoms with Gasteiger partial charge in [-0.3, -0.25) is 4.72 Å². The van der Waals surface area contributed by atoms with E-state index >= 15 is 0 Å². The number of hydrogen-bond acceptors (Lipinski definition) is 3. The molecule has 0 spiro atoms. The molecule has 0 unspecified atom stereocenters. The van der Waals surface area contributed by atoms with Gasteiger partial charge < -0.3 is 5.73 Å². The lowest BCUT2D eigenvalue weighted by Gasteiger charge is -2.10. The summed E-state index contributed by atoms with van der Waals surface area (Å²) in [6.45, 7) is 0. The molecule has 0 aliphatic heterocycles. The van der Waals surface area contributed by atoms with Crippen LogP contribution in [0.1, 0.15) is 0 Å². The van der Waals surface area contributed by atoms with Crippen LogP contribution in [0.2, 0.25) is 15.1 Å². The summed E-state index contributed by atoms with van der Waals surface area (Å²) in [7, 11) is -3.96. The topological polar surface area (TPSA) is 72.2 Å². The van der Waals surface area contributed by atoms with Crippen LogP contribution < -0.4 is 10.5 Å². The molecule has 0 saturated carbocycles. The van der Waals surface area contributed by atoms with Gasteiger partial charge in [0.25, 0.3) is 10.0 Å². The van der Waals surface area contributed by atoms with E-state index in [9.17, 15) is 12.8 Å². The number of benzene rings is 2. The maximum atomic E-state index is 13.1. The highest BCUT2D eigenvalue weighted by Gasteiger charge is 2.17. The van der Waals surface area contributed by atoms with Gasteiger partial charge in [0.1, 0.15) is 5.82 Å². The first-order valence-electron chi connectivity index (χ1n) is 5.43. The number of nitrogen functional groups attached to an aromatic ring is 1. The van der Waals surface area contributed by atoms with Gasteiger partial charge in [-0.2, -0.15) is 0 Å². The minimum absolute atomic E-state index is 0.109. The Balaban J connectivity index is 2.39. The molecule has 0 aliphatic rings. The summed E-state index contributed by atoms with van der Waals surface area (Å²) >= 11 is 17.2. The Morgan fingerprint density at radius 3 is 2.10 bits per heavy atom. The smallest absolute Gasteiger partial charge is 0.261 e. The predicted molar refractivity (Wildman–Crippen MR) is 83.1 cm³/mol. The van der Waals surface area contributed by atoms with Crippen LogP contribution in [-0.2, 0) is 10.0 Å². The van der Waals surface area contributed by atoms with Gasteiger partial charge in [0.15, 0.2) is 0 Å². The number of hydrogen-bond donors (Lipinski definition) is 2. The lowest BCUT2D eigenvalue weighted by molar-refractivity contribution is 0.599. The van der Waals surface area contributed by atoms with Crippen molar-refractivity contribution in [3.05, 3.63) is 51.2 Å². The molecular formula is C12H8Cl3FN2O2S. The normalized spacial score (nSPS) is 11.4. The minimum Gasteiger partial charge on any atom is -0.396 e. The summed E-state index contributed by atoms with van der Waals surface area (Å²) in [6, 6.07) is 5.67. The van der Waals surface area contributed by atoms with Gasteiger partial charge in [0, 0.05) is 0 Å². The average molecular weight is 370 g/mol. The van der Waals surface area contributed by atoms with Crippen molar-refractivity contribution < 1.29 is 12.8 Å². The monoisotopic (exact) mass is 368 g/mol. The van der Waals surface area contributed by atoms with Gasteiger partial charge >= 0.3 is 0 Å². The van der Waals surface area contributed by atoms with Gasteiger partial charge in [-0.15, -0.1) is 0 Å². The third-order valence-corrected chi connectivity index (χ3v) is 4.83. The molecule has 9 heteroatoms. The van der Waals surface area contributed by atoms with E-state index in [2.05, 4.69) is 4.72 Å². The Kier molecular flexibility index (Phi) is 4.53. The first-order chi connectivity index (χ1) is 9.70. The minimum atomic E-state index is -3.96. The predicted octanol–water partition coefficient (Wildman–Crippen LogP) is 4.17. The Morgan fingerprint density at radius 1 is 1.00 bits per heavy atom. The second-order valence-electron chi connectivity index (χ2n) is 4.03. The van der Waals surface area contributed by atoms with Crippen LogP contribution in [0.15, 0.2) is 35.2 Å². The lowest BCUT2D eigenvalue weighted by Crippen LogP contribution is -2.13. The molecule has 0 amide bonds. The fraction of sp³-hybridized carbons (Fsp3) is 0. The molecule has 4 nitrogen and oxygen atoms in total. The fourth-order valence-electron chi connectivity index (χ4n) is 1.50. The molecule has 0 radical (unpaired) electrons. The number of sulfonamides is 1. The SMILES string of the molecule is Nc1c(Cl)cc(NS(=O)(=O)c2ccc(F)c(Cl)c2)cc1Cl. The second kappa shape index (κ2) is 5.88. The van der Waals surface area contributed by atoms with Crippen molar-refractivity contribution in [2.45, 2.75) is 4.90 Å². The van der Waals surface area contributed by atoms with Crippen LogP contribution in [0, 0.1) is 5.82 Å². The standard InChI is InChI=1S/C12H8Cl3FN2O2S/c13-8-5-7(1-2-11(8)16)21(19,20)18-6-3-9(14)12(17)10(15)4-6/h1-5,18H,17H2. The number of nitrogens with two attached hydrogens (primary N) is 1. The quantitative estimate of drug-likeness (QED) is 0.798. The first-order valence-corrected chi connectivity index (χ1v) is 8.05. The van der Waals surface area contributed by atoms with E-state index in [1.807, 2.05) is 0 Å². The van der Waals surface area contributed by atoms with Crippen molar-refractivity contribution in [1.29, 1.82) is 0 Å². The van der Waals surface area contributed by atoms with E-state index in [4.69, 9.17) is 40.5 Å². The Morgan fingerprint density at radius 2 is 1.57 bits per heavy atom. The zero-order valence-corrected chi connectivity index (χ0v) is 13.3. The number of nitrogens with one attached hydrogen (secondary N) is 1. The van der Waals surface area contributed by atoms with Crippen LogP contribution in [-0.4, -0.2) is 8.42 Å². The maximum absolute atomic E-state index is 13.1. The van der Waals surface area contributed by atoms with E-state index in [-0.39, 0.29) is 31.3 Å². The molecule has 0 atom stereocenters. The van der Waals surface area contributed by atoms with E-state index in [0.717, 1.165) is 18.2 Å². The second-order valence-corrected chi connectivity index (χ2v) is 6.94. The molecule has 0 aromatic heterocycles. The van der Waals surface area contributed by atoms with Crippen molar-refractivity contribution >= 4 is 56.2 Å². The number of anilines is 2. The molecule has 0 aliphatic carbocycles. The van der Waals surface area contributed by atoms with Gasteiger partial charge in [-0.1, -0.05) is 34.8 Å². The van der Waals surface area contributed by atoms with Crippen LogP contribution >= 0.6 is 34.8 Å². The van der Waals surface area contributed by atoms with E-state index in [1.165, 1.54) is 12.1 Å². The summed E-state index contributed by atoms with van der Waals surface area (Å²) in [5.41, 5.74) is 5.83. The molecule has 0 saturated heterocycles. The Hall–Kier alpha value is -1.21. The summed E-state index contributed by atoms with van der Waals surface area (Å²) < 4.78 is 39.7. The molecule has 2 aromatic carbocycles. The highest BCUT2D eigenvalue weighted by Crippen LogP contribution is 2.32. The number of rotatable bonds is 3. The Bertz CT molecular complexity index is 789. The molecule has 3 N–H and O–H groups in total. The summed E-state index contributed by atoms with van der Waals surface area (Å²) in [5, 5.41) is -0.0825. The maximum Gasteiger partial charge on any atom is 0.261 e. The van der Waals surface area contributed by atoms with Crippen LogP contribution in [0.25, 0.3) is 0 Å². The molecule has 0 heterocycles. The molecule has 2 aromatic rings. The molecular weight excluding hydrogens is 362 g/mol. The molecule has 0 fully saturated rings. The van der Waals surface area contributed by atoms with Gasteiger partial charge in [0.2, 0.25) is 0 Å². The van der Waals surface area contributed by atoms with Gasteiger partial charge in [0.05, 0.1) is 31.3 Å². The fourth-order valence-corrected chi connectivity index (χ4v) is 3.30. The molecule has 112 valence electrons. The van der Waals surface area contributed by atoms with Crippen LogP contribution in [0.4, 0.5) is 15.8 Å². The lowest BCUT2D eigenvalue weighted by atomic mass is 10.3. The van der Waals surface area contributed by atoms with Crippen LogP contribution in [0.5, 0.6) is 0 Å². The average Bonchev–Trinajstić information content (AvgIpc) is 2.38. The first kappa shape index (κ1) is 16.2. The van der Waals surface area contributed by atoms with Crippen molar-refractivity contribution in [3.63, 3.8) is 0 Å². The zero-order valence-electron chi connectivity index (χ0n) is 10.2. The Labute approximate surface area is 135 Å². The summed E-state index contributed by atoms with van der Waals surface area (Å²) in [5.74, 6) is -0.714. The van der Waals surface area contributed by atoms with Crippen LogP contribution in [0.3, 0.4) is 0 Å². The molecule has 0 bridgehead atoms. The third kappa shape index (κ3) is 3.52. The molecule has 21 heavy (non-hydrogen) atoms. The highest BCUT2D eigenvalue weighted by molar-refractivity contribution is 7.92. The van der Waals surface area contributed by atoms with E-state index < -0.39 is 15.8 Å². The summed E-state index contributed by atoms with van der Waals surface area (Å²) in [4.78, 5) is -0.196.